The summed E-state index contributed by atoms with van der Waals surface area (Å²) in [6.07, 6.45) is 66.7. The minimum Gasteiger partial charge on any atom is -0.392 e. The van der Waals surface area contributed by atoms with Gasteiger partial charge >= 0.3 is 0 Å². The Hall–Kier alpha value is -1.00. The van der Waals surface area contributed by atoms with Gasteiger partial charge < -0.3 is 40.8 Å². The lowest BCUT2D eigenvalue weighted by molar-refractivity contribution is -0.124. The normalized spacial score (nSPS) is 13.6. The summed E-state index contributed by atoms with van der Waals surface area (Å²) >= 11 is 0. The maximum absolute atomic E-state index is 13.1. The summed E-state index contributed by atoms with van der Waals surface area (Å²) in [5, 5.41) is 50.5. The molecule has 1 amide bonds. The molecule has 0 saturated heterocycles. The lowest BCUT2D eigenvalue weighted by atomic mass is 10.0. The second-order valence-corrected chi connectivity index (χ2v) is 30.2. The van der Waals surface area contributed by atoms with E-state index in [-0.39, 0.29) is 18.1 Å². The summed E-state index contributed by atoms with van der Waals surface area (Å²) < 4.78 is 0. The van der Waals surface area contributed by atoms with E-state index in [1.165, 1.54) is 206 Å². The number of nitrogens with zero attached hydrogens (tertiary/aromatic N) is 3. The third-order valence-electron chi connectivity index (χ3n) is 17.7. The largest absolute Gasteiger partial charge is 0.392 e. The molecule has 0 bridgehead atoms. The molecule has 0 aromatic heterocycles. The molecule has 0 fully saturated rings. The van der Waals surface area contributed by atoms with Crippen LogP contribution in [0.3, 0.4) is 0 Å². The van der Waals surface area contributed by atoms with Crippen LogP contribution >= 0.6 is 21.6 Å². The molecule has 5 atom stereocenters. The molecule has 0 rings (SSSR count). The van der Waals surface area contributed by atoms with Crippen LogP contribution in [-0.4, -0.2) is 163 Å². The lowest BCUT2D eigenvalue weighted by Gasteiger charge is -2.27. The minimum absolute atomic E-state index is 0.118. The molecule has 0 aromatic carbocycles. The summed E-state index contributed by atoms with van der Waals surface area (Å²) in [7, 11) is 9.75. The Morgan fingerprint density at radius 2 is 0.703 bits per heavy atom. The fraction of sp³-hybridized carbons (Fsp3) is 0.923. The van der Waals surface area contributed by atoms with Crippen molar-refractivity contribution in [3.05, 3.63) is 24.3 Å². The van der Waals surface area contributed by atoms with Crippen LogP contribution in [0.25, 0.3) is 0 Å². The third kappa shape index (κ3) is 74.6. The molecule has 0 aliphatic carbocycles. The summed E-state index contributed by atoms with van der Waals surface area (Å²) in [5.41, 5.74) is 0. The molecule has 0 saturated carbocycles. The monoisotopic (exact) mass is 1320 g/mol. The average Bonchev–Trinajstić information content (AvgIpc) is 3.72. The fourth-order valence-corrected chi connectivity index (χ4v) is 14.2. The van der Waals surface area contributed by atoms with Gasteiger partial charge in [0.25, 0.3) is 0 Å². The number of nitrogens with one attached hydrogen (secondary N) is 2. The number of carbonyl (C=O) groups is 2. The molecule has 0 aliphatic rings. The van der Waals surface area contributed by atoms with Crippen molar-refractivity contribution in [3.8, 4) is 0 Å². The Bertz CT molecular complexity index is 1430. The van der Waals surface area contributed by atoms with Gasteiger partial charge in [0.05, 0.1) is 30.5 Å². The van der Waals surface area contributed by atoms with E-state index in [9.17, 15) is 30.0 Å². The first-order valence-electron chi connectivity index (χ1n) is 39.2. The highest BCUT2D eigenvalue weighted by molar-refractivity contribution is 8.76. The third-order valence-corrected chi connectivity index (χ3v) is 20.2. The molecular weight excluding hydrogens is 1170 g/mol. The van der Waals surface area contributed by atoms with Crippen LogP contribution in [-0.2, 0) is 9.59 Å². The van der Waals surface area contributed by atoms with Crippen molar-refractivity contribution in [2.45, 2.75) is 379 Å². The van der Waals surface area contributed by atoms with Gasteiger partial charge in [0.15, 0.2) is 0 Å². The molecular formula is C78H157N5O6S2. The molecule has 0 aliphatic heterocycles. The van der Waals surface area contributed by atoms with E-state index >= 15 is 0 Å². The lowest BCUT2D eigenvalue weighted by Crippen LogP contribution is -2.40. The molecule has 0 aromatic rings. The van der Waals surface area contributed by atoms with Crippen molar-refractivity contribution in [2.75, 3.05) is 85.0 Å². The van der Waals surface area contributed by atoms with Gasteiger partial charge in [0.2, 0.25) is 5.91 Å². The van der Waals surface area contributed by atoms with Crippen molar-refractivity contribution in [1.29, 1.82) is 0 Å². The van der Waals surface area contributed by atoms with Crippen molar-refractivity contribution in [2.24, 2.45) is 0 Å². The number of aldehydes is 1. The van der Waals surface area contributed by atoms with Crippen LogP contribution in [0, 0.1) is 0 Å². The van der Waals surface area contributed by atoms with Gasteiger partial charge in [-0.25, -0.2) is 0 Å². The molecule has 542 valence electrons. The van der Waals surface area contributed by atoms with E-state index < -0.39 is 18.2 Å². The smallest absolute Gasteiger partial charge is 0.220 e. The number of aliphatic hydroxyl groups excluding tert-OH is 4. The molecule has 5 unspecified atom stereocenters. The minimum atomic E-state index is -0.511. The first kappa shape index (κ1) is 92.1. The molecule has 0 spiro atoms. The van der Waals surface area contributed by atoms with Crippen LogP contribution in [0.1, 0.15) is 349 Å². The molecule has 6 N–H and O–H groups in total. The molecule has 11 nitrogen and oxygen atoms in total. The van der Waals surface area contributed by atoms with Gasteiger partial charge in [0, 0.05) is 44.1 Å². The molecule has 0 radical (unpaired) electrons. The van der Waals surface area contributed by atoms with E-state index in [4.69, 9.17) is 0 Å². The van der Waals surface area contributed by atoms with Gasteiger partial charge in [-0.05, 0) is 156 Å². The highest BCUT2D eigenvalue weighted by Crippen LogP contribution is 2.24. The Balaban J connectivity index is 0. The molecule has 0 heterocycles. The number of carbonyl (C=O) groups excluding carboxylic acids is 2. The van der Waals surface area contributed by atoms with E-state index in [1.807, 2.05) is 17.8 Å². The maximum Gasteiger partial charge on any atom is 0.220 e. The number of unbranched alkanes of at least 4 members (excludes halogenated alkanes) is 35. The van der Waals surface area contributed by atoms with Crippen molar-refractivity contribution < 1.29 is 30.0 Å². The zero-order valence-electron chi connectivity index (χ0n) is 61.5. The van der Waals surface area contributed by atoms with Crippen molar-refractivity contribution in [3.63, 3.8) is 0 Å². The van der Waals surface area contributed by atoms with E-state index in [2.05, 4.69) is 91.4 Å². The Kier molecular flexibility index (Phi) is 77.3. The fourth-order valence-electron chi connectivity index (χ4n) is 11.9. The first-order chi connectivity index (χ1) is 44.4. The first-order valence-corrected chi connectivity index (χ1v) is 41.7. The van der Waals surface area contributed by atoms with E-state index in [0.717, 1.165) is 134 Å². The Morgan fingerprint density at radius 1 is 0.385 bits per heavy atom. The summed E-state index contributed by atoms with van der Waals surface area (Å²) in [4.78, 5) is 31.8. The second-order valence-electron chi connectivity index (χ2n) is 27.5. The maximum atomic E-state index is 13.1. The highest BCUT2D eigenvalue weighted by atomic mass is 33.1. The zero-order chi connectivity index (χ0) is 67.0. The van der Waals surface area contributed by atoms with Crippen molar-refractivity contribution in [1.82, 2.24) is 25.3 Å². The average molecular weight is 1330 g/mol. The Morgan fingerprint density at radius 3 is 1.03 bits per heavy atom. The highest BCUT2D eigenvalue weighted by Gasteiger charge is 2.19. The van der Waals surface area contributed by atoms with E-state index in [0.29, 0.717) is 52.0 Å². The topological polar surface area (TPSA) is 149 Å². The van der Waals surface area contributed by atoms with Gasteiger partial charge in [-0.15, -0.1) is 0 Å². The van der Waals surface area contributed by atoms with Crippen LogP contribution < -0.4 is 10.6 Å². The van der Waals surface area contributed by atoms with Gasteiger partial charge in [-0.3, -0.25) is 14.6 Å². The quantitative estimate of drug-likeness (QED) is 0.0149. The standard InChI is InChI=1S/C72H141N3O6S2.C6H16N2/c1-5-9-13-17-21-25-27-29-31-33-35-39-43-47-52-68(77)62-74(63-69(78)53-48-44-40-36-34-32-30-28-26-22-18-14-10-6-2)58-49-50-60-82-83-61-57-67(66-76)73-72(81)56-51-59-75(64-70(79)54-45-41-37-23-19-15-11-7-3)65-71(80)55-46-42-38-24-20-16-12-8-4;1-7-5-4-6-8(2)3/h29-32,66-71,77-80H,5-28,33-65H2,1-4H3,(H,73,81);7H,4-6H2,1-3H3/b31-29-,32-30-;. The molecule has 13 heteroatoms. The Labute approximate surface area is 574 Å². The SMILES string of the molecule is CCCCCCCC/C=C\CCCCCCC(O)CN(CCCCSSCCC(C=O)NC(=O)CCCN(CC(O)CCCCCCCCCC)CC(O)CCCCCCCCCC)CC(O)CCCCCC/C=C\CCCCCCCC.CNCCCN(C)C. The van der Waals surface area contributed by atoms with Crippen molar-refractivity contribution >= 4 is 33.8 Å². The van der Waals surface area contributed by atoms with Gasteiger partial charge in [-0.2, -0.15) is 0 Å². The number of hydrogen-bond acceptors (Lipinski definition) is 12. The number of allylic oxidation sites excluding steroid dienone is 4. The predicted octanol–water partition coefficient (Wildman–Crippen LogP) is 19.6. The van der Waals surface area contributed by atoms with Crippen LogP contribution in [0.2, 0.25) is 0 Å². The van der Waals surface area contributed by atoms with E-state index in [1.54, 1.807) is 10.8 Å². The summed E-state index contributed by atoms with van der Waals surface area (Å²) in [6.45, 7) is 15.1. The predicted molar refractivity (Wildman–Crippen MR) is 404 cm³/mol. The number of hydrogen-bond donors (Lipinski definition) is 6. The zero-order valence-corrected chi connectivity index (χ0v) is 63.1. The number of rotatable bonds is 73. The van der Waals surface area contributed by atoms with Gasteiger partial charge in [0.1, 0.15) is 6.29 Å². The summed E-state index contributed by atoms with van der Waals surface area (Å²) in [6, 6.07) is -0.511. The number of amides is 1. The van der Waals surface area contributed by atoms with Crippen LogP contribution in [0.15, 0.2) is 24.3 Å². The summed E-state index contributed by atoms with van der Waals surface area (Å²) in [5.74, 6) is 1.64. The second kappa shape index (κ2) is 76.4. The van der Waals surface area contributed by atoms with Gasteiger partial charge in [-0.1, -0.05) is 279 Å². The molecule has 91 heavy (non-hydrogen) atoms. The number of aliphatic hydroxyl groups is 4. The van der Waals surface area contributed by atoms with Crippen LogP contribution in [0.4, 0.5) is 0 Å². The van der Waals surface area contributed by atoms with Crippen LogP contribution in [0.5, 0.6) is 0 Å².